The number of nitrogens with one attached hydrogen (secondary N) is 1. The SMILES string of the molecule is CCOc1ccc(/C=C/C(=O)Nc2cccc(-c3nnc4n3CCCCC4)c2)cc1OCC. The highest BCUT2D eigenvalue weighted by molar-refractivity contribution is 6.02. The number of aromatic nitrogens is 3. The molecule has 2 heterocycles. The van der Waals surface area contributed by atoms with Crippen LogP contribution in [0, 0.1) is 0 Å². The van der Waals surface area contributed by atoms with Crippen molar-refractivity contribution in [2.24, 2.45) is 0 Å². The summed E-state index contributed by atoms with van der Waals surface area (Å²) in [6, 6.07) is 13.4. The van der Waals surface area contributed by atoms with Crippen LogP contribution in [0.25, 0.3) is 17.5 Å². The van der Waals surface area contributed by atoms with Gasteiger partial charge in [-0.25, -0.2) is 0 Å². The predicted molar refractivity (Wildman–Crippen MR) is 129 cm³/mol. The number of benzene rings is 2. The lowest BCUT2D eigenvalue weighted by atomic mass is 10.1. The van der Waals surface area contributed by atoms with E-state index in [2.05, 4.69) is 20.1 Å². The van der Waals surface area contributed by atoms with E-state index in [-0.39, 0.29) is 5.91 Å². The Morgan fingerprint density at radius 3 is 2.73 bits per heavy atom. The molecule has 2 aromatic carbocycles. The quantitative estimate of drug-likeness (QED) is 0.486. The van der Waals surface area contributed by atoms with Crippen molar-refractivity contribution < 1.29 is 14.3 Å². The fourth-order valence-electron chi connectivity index (χ4n) is 3.96. The highest BCUT2D eigenvalue weighted by Crippen LogP contribution is 2.29. The molecule has 0 spiro atoms. The molecular weight excluding hydrogens is 416 g/mol. The van der Waals surface area contributed by atoms with Crippen LogP contribution in [0.15, 0.2) is 48.5 Å². The molecule has 1 amide bonds. The van der Waals surface area contributed by atoms with Crippen LogP contribution in [-0.2, 0) is 17.8 Å². The molecule has 0 aliphatic carbocycles. The first kappa shape index (κ1) is 22.6. The van der Waals surface area contributed by atoms with Crippen LogP contribution in [0.2, 0.25) is 0 Å². The minimum absolute atomic E-state index is 0.209. The standard InChI is InChI=1S/C26H30N4O3/c1-3-32-22-14-12-19(17-23(22)33-4-2)13-15-25(31)27-21-10-8-9-20(18-21)26-29-28-24-11-6-5-7-16-30(24)26/h8-10,12-15,17-18H,3-7,11,16H2,1-2H3,(H,27,31)/b15-13+. The number of rotatable bonds is 8. The Morgan fingerprint density at radius 2 is 1.88 bits per heavy atom. The topological polar surface area (TPSA) is 78.3 Å². The van der Waals surface area contributed by atoms with Crippen molar-refractivity contribution in [2.45, 2.75) is 46.1 Å². The average molecular weight is 447 g/mol. The second-order valence-corrected chi connectivity index (χ2v) is 7.88. The summed E-state index contributed by atoms with van der Waals surface area (Å²) in [6.45, 7) is 5.90. The van der Waals surface area contributed by atoms with E-state index in [1.54, 1.807) is 6.08 Å². The molecule has 3 aromatic rings. The Labute approximate surface area is 194 Å². The fourth-order valence-corrected chi connectivity index (χ4v) is 3.96. The molecule has 0 radical (unpaired) electrons. The second-order valence-electron chi connectivity index (χ2n) is 7.88. The van der Waals surface area contributed by atoms with E-state index in [1.807, 2.05) is 56.3 Å². The van der Waals surface area contributed by atoms with Gasteiger partial charge in [-0.1, -0.05) is 24.6 Å². The summed E-state index contributed by atoms with van der Waals surface area (Å²) in [6.07, 6.45) is 7.74. The summed E-state index contributed by atoms with van der Waals surface area (Å²) in [7, 11) is 0. The predicted octanol–water partition coefficient (Wildman–Crippen LogP) is 5.12. The zero-order valence-corrected chi connectivity index (χ0v) is 19.2. The van der Waals surface area contributed by atoms with Gasteiger partial charge in [0, 0.05) is 30.3 Å². The van der Waals surface area contributed by atoms with E-state index in [0.29, 0.717) is 24.7 Å². The number of hydrogen-bond donors (Lipinski definition) is 1. The summed E-state index contributed by atoms with van der Waals surface area (Å²) in [5.41, 5.74) is 2.53. The van der Waals surface area contributed by atoms with E-state index >= 15 is 0 Å². The van der Waals surface area contributed by atoms with Crippen molar-refractivity contribution in [1.29, 1.82) is 0 Å². The van der Waals surface area contributed by atoms with Gasteiger partial charge in [-0.3, -0.25) is 4.79 Å². The lowest BCUT2D eigenvalue weighted by Gasteiger charge is -2.11. The van der Waals surface area contributed by atoms with E-state index in [9.17, 15) is 4.79 Å². The normalized spacial score (nSPS) is 13.4. The molecule has 4 rings (SSSR count). The van der Waals surface area contributed by atoms with Crippen molar-refractivity contribution in [2.75, 3.05) is 18.5 Å². The molecule has 33 heavy (non-hydrogen) atoms. The van der Waals surface area contributed by atoms with Crippen LogP contribution in [0.3, 0.4) is 0 Å². The highest BCUT2D eigenvalue weighted by Gasteiger charge is 2.16. The molecule has 7 heteroatoms. The van der Waals surface area contributed by atoms with Crippen molar-refractivity contribution in [3.63, 3.8) is 0 Å². The summed E-state index contributed by atoms with van der Waals surface area (Å²) < 4.78 is 13.5. The van der Waals surface area contributed by atoms with Crippen LogP contribution in [0.5, 0.6) is 11.5 Å². The van der Waals surface area contributed by atoms with Gasteiger partial charge in [-0.15, -0.1) is 10.2 Å². The molecule has 1 N–H and O–H groups in total. The third-order valence-corrected chi connectivity index (χ3v) is 5.49. The van der Waals surface area contributed by atoms with Gasteiger partial charge in [0.1, 0.15) is 5.82 Å². The second kappa shape index (κ2) is 10.8. The number of carbonyl (C=O) groups is 1. The molecular formula is C26H30N4O3. The first-order valence-corrected chi connectivity index (χ1v) is 11.6. The van der Waals surface area contributed by atoms with Gasteiger partial charge in [-0.05, 0) is 62.6 Å². The number of hydrogen-bond acceptors (Lipinski definition) is 5. The van der Waals surface area contributed by atoms with Gasteiger partial charge in [-0.2, -0.15) is 0 Å². The molecule has 0 fully saturated rings. The molecule has 172 valence electrons. The molecule has 1 aromatic heterocycles. The lowest BCUT2D eigenvalue weighted by molar-refractivity contribution is -0.111. The number of fused-ring (bicyclic) bond motifs is 1. The molecule has 1 aliphatic heterocycles. The smallest absolute Gasteiger partial charge is 0.248 e. The van der Waals surface area contributed by atoms with E-state index in [0.717, 1.165) is 54.3 Å². The van der Waals surface area contributed by atoms with Crippen LogP contribution in [0.4, 0.5) is 5.69 Å². The number of amides is 1. The van der Waals surface area contributed by atoms with Gasteiger partial charge < -0.3 is 19.4 Å². The molecule has 0 saturated carbocycles. The van der Waals surface area contributed by atoms with Crippen LogP contribution in [0.1, 0.15) is 44.5 Å². The number of anilines is 1. The average Bonchev–Trinajstić information content (AvgIpc) is 3.08. The van der Waals surface area contributed by atoms with E-state index in [4.69, 9.17) is 9.47 Å². The molecule has 0 atom stereocenters. The maximum absolute atomic E-state index is 12.6. The summed E-state index contributed by atoms with van der Waals surface area (Å²) >= 11 is 0. The van der Waals surface area contributed by atoms with Crippen molar-refractivity contribution in [3.05, 3.63) is 59.9 Å². The summed E-state index contributed by atoms with van der Waals surface area (Å²) in [4.78, 5) is 12.6. The van der Waals surface area contributed by atoms with Crippen LogP contribution < -0.4 is 14.8 Å². The third-order valence-electron chi connectivity index (χ3n) is 5.49. The van der Waals surface area contributed by atoms with Crippen molar-refractivity contribution in [3.8, 4) is 22.9 Å². The van der Waals surface area contributed by atoms with Gasteiger partial charge >= 0.3 is 0 Å². The van der Waals surface area contributed by atoms with Crippen LogP contribution >= 0.6 is 0 Å². The van der Waals surface area contributed by atoms with E-state index in [1.165, 1.54) is 12.5 Å². The number of ether oxygens (including phenoxy) is 2. The Kier molecular flexibility index (Phi) is 7.40. The summed E-state index contributed by atoms with van der Waals surface area (Å²) in [5.74, 6) is 3.06. The Balaban J connectivity index is 1.46. The Morgan fingerprint density at radius 1 is 1.03 bits per heavy atom. The van der Waals surface area contributed by atoms with Gasteiger partial charge in [0.15, 0.2) is 17.3 Å². The Hall–Kier alpha value is -3.61. The first-order chi connectivity index (χ1) is 16.2. The lowest BCUT2D eigenvalue weighted by Crippen LogP contribution is -2.08. The fraction of sp³-hybridized carbons (Fsp3) is 0.346. The van der Waals surface area contributed by atoms with Crippen LogP contribution in [-0.4, -0.2) is 33.9 Å². The first-order valence-electron chi connectivity index (χ1n) is 11.6. The molecule has 1 aliphatic rings. The van der Waals surface area contributed by atoms with Gasteiger partial charge in [0.25, 0.3) is 0 Å². The highest BCUT2D eigenvalue weighted by atomic mass is 16.5. The van der Waals surface area contributed by atoms with E-state index < -0.39 is 0 Å². The Bertz CT molecular complexity index is 1140. The molecule has 0 bridgehead atoms. The van der Waals surface area contributed by atoms with Gasteiger partial charge in [0.05, 0.1) is 13.2 Å². The molecule has 0 saturated heterocycles. The maximum Gasteiger partial charge on any atom is 0.248 e. The minimum Gasteiger partial charge on any atom is -0.490 e. The molecule has 0 unspecified atom stereocenters. The zero-order valence-electron chi connectivity index (χ0n) is 19.2. The summed E-state index contributed by atoms with van der Waals surface area (Å²) in [5, 5.41) is 11.7. The van der Waals surface area contributed by atoms with Crippen molar-refractivity contribution in [1.82, 2.24) is 14.8 Å². The number of nitrogens with zero attached hydrogens (tertiary/aromatic N) is 3. The number of carbonyl (C=O) groups excluding carboxylic acids is 1. The minimum atomic E-state index is -0.209. The third kappa shape index (κ3) is 5.61. The largest absolute Gasteiger partial charge is 0.490 e. The monoisotopic (exact) mass is 446 g/mol. The molecule has 7 nitrogen and oxygen atoms in total. The number of aryl methyl sites for hydroxylation is 1. The van der Waals surface area contributed by atoms with Crippen molar-refractivity contribution >= 4 is 17.7 Å². The van der Waals surface area contributed by atoms with Gasteiger partial charge in [0.2, 0.25) is 5.91 Å². The zero-order chi connectivity index (χ0) is 23.0. The maximum atomic E-state index is 12.6.